The minimum absolute atomic E-state index is 0.0534. The van der Waals surface area contributed by atoms with Crippen molar-refractivity contribution in [3.05, 3.63) is 90.0 Å². The molecule has 208 valence electrons. The number of benzene rings is 3. The predicted octanol–water partition coefficient (Wildman–Crippen LogP) is 5.84. The van der Waals surface area contributed by atoms with Crippen LogP contribution in [0.1, 0.15) is 22.3 Å². The van der Waals surface area contributed by atoms with Gasteiger partial charge in [0.2, 0.25) is 11.8 Å². The van der Waals surface area contributed by atoms with Crippen LogP contribution in [0.15, 0.2) is 83.9 Å². The van der Waals surface area contributed by atoms with Crippen LogP contribution in [0.5, 0.6) is 5.75 Å². The lowest BCUT2D eigenvalue weighted by Crippen LogP contribution is -2.46. The summed E-state index contributed by atoms with van der Waals surface area (Å²) in [4.78, 5) is 44.1. The molecule has 1 atom stereocenters. The summed E-state index contributed by atoms with van der Waals surface area (Å²) >= 11 is 5.95. The highest BCUT2D eigenvalue weighted by atomic mass is 35.5. The molecule has 1 saturated heterocycles. The fraction of sp³-hybridized carbons (Fsp3) is 0.214. The largest absolute Gasteiger partial charge is 0.487 e. The second-order valence-corrected chi connectivity index (χ2v) is 10.2. The lowest BCUT2D eigenvalue weighted by atomic mass is 10.1. The SMILES string of the molecule is COC(=O)c1ccc(NC(=O)[C@@H]2CC(=O)N(CCc3ccccc3)C(=Nc3ccc(OC(F)(F)Cl)cc3)S2)cc1. The van der Waals surface area contributed by atoms with Gasteiger partial charge in [0.15, 0.2) is 5.17 Å². The maximum Gasteiger partial charge on any atom is 0.487 e. The summed E-state index contributed by atoms with van der Waals surface area (Å²) in [5.74, 6) is -1.35. The second-order valence-electron chi connectivity index (χ2n) is 8.59. The molecule has 0 spiro atoms. The molecular formula is C28H24ClF2N3O5S. The Balaban J connectivity index is 1.53. The van der Waals surface area contributed by atoms with E-state index in [0.717, 1.165) is 17.3 Å². The number of alkyl halides is 3. The lowest BCUT2D eigenvalue weighted by Gasteiger charge is -2.32. The second kappa shape index (κ2) is 12.9. The van der Waals surface area contributed by atoms with Crippen LogP contribution in [0, 0.1) is 0 Å². The van der Waals surface area contributed by atoms with Crippen LogP contribution < -0.4 is 10.1 Å². The maximum absolute atomic E-state index is 13.2. The molecule has 1 heterocycles. The topological polar surface area (TPSA) is 97.3 Å². The molecule has 40 heavy (non-hydrogen) atoms. The van der Waals surface area contributed by atoms with Crippen molar-refractivity contribution in [2.45, 2.75) is 23.7 Å². The number of hydrogen-bond acceptors (Lipinski definition) is 7. The molecule has 1 fully saturated rings. The normalized spacial score (nSPS) is 16.5. The van der Waals surface area contributed by atoms with E-state index in [9.17, 15) is 23.2 Å². The van der Waals surface area contributed by atoms with Crippen molar-refractivity contribution in [2.75, 3.05) is 19.0 Å². The first-order valence-corrected chi connectivity index (χ1v) is 13.3. The summed E-state index contributed by atoms with van der Waals surface area (Å²) in [7, 11) is 1.28. The smallest absolute Gasteiger partial charge is 0.465 e. The van der Waals surface area contributed by atoms with Crippen molar-refractivity contribution in [3.8, 4) is 5.75 Å². The van der Waals surface area contributed by atoms with Crippen molar-refractivity contribution in [2.24, 2.45) is 4.99 Å². The molecule has 0 unspecified atom stereocenters. The van der Waals surface area contributed by atoms with E-state index in [2.05, 4.69) is 19.8 Å². The first kappa shape index (κ1) is 29.0. The number of carbonyl (C=O) groups excluding carboxylic acids is 3. The number of amidine groups is 1. The van der Waals surface area contributed by atoms with E-state index in [4.69, 9.17) is 11.6 Å². The first-order chi connectivity index (χ1) is 19.1. The Hall–Kier alpha value is -3.96. The Morgan fingerprint density at radius 3 is 2.38 bits per heavy atom. The molecular weight excluding hydrogens is 564 g/mol. The average Bonchev–Trinajstić information content (AvgIpc) is 2.93. The maximum atomic E-state index is 13.2. The fourth-order valence-electron chi connectivity index (χ4n) is 3.81. The summed E-state index contributed by atoms with van der Waals surface area (Å²) in [6.45, 7) is 0.331. The quantitative estimate of drug-likeness (QED) is 0.249. The van der Waals surface area contributed by atoms with Crippen molar-refractivity contribution in [3.63, 3.8) is 0 Å². The molecule has 3 aromatic rings. The van der Waals surface area contributed by atoms with Gasteiger partial charge in [-0.3, -0.25) is 14.5 Å². The van der Waals surface area contributed by atoms with Gasteiger partial charge >= 0.3 is 11.5 Å². The van der Waals surface area contributed by atoms with Gasteiger partial charge in [-0.25, -0.2) is 9.79 Å². The number of hydrogen-bond donors (Lipinski definition) is 1. The Morgan fingerprint density at radius 1 is 1.07 bits per heavy atom. The number of halogens is 3. The van der Waals surface area contributed by atoms with Crippen LogP contribution in [0.4, 0.5) is 20.2 Å². The third-order valence-electron chi connectivity index (χ3n) is 5.77. The fourth-order valence-corrected chi connectivity index (χ4v) is 5.02. The molecule has 12 heteroatoms. The number of thioether (sulfide) groups is 1. The third-order valence-corrected chi connectivity index (χ3v) is 7.03. The predicted molar refractivity (Wildman–Crippen MR) is 149 cm³/mol. The van der Waals surface area contributed by atoms with Crippen LogP contribution in [0.25, 0.3) is 0 Å². The molecule has 1 N–H and O–H groups in total. The van der Waals surface area contributed by atoms with Crippen molar-refractivity contribution < 1.29 is 32.6 Å². The zero-order chi connectivity index (χ0) is 28.7. The van der Waals surface area contributed by atoms with Crippen LogP contribution in [0.2, 0.25) is 0 Å². The average molecular weight is 588 g/mol. The Bertz CT molecular complexity index is 1380. The summed E-state index contributed by atoms with van der Waals surface area (Å²) in [5.41, 5.74) is -1.68. The monoisotopic (exact) mass is 587 g/mol. The first-order valence-electron chi connectivity index (χ1n) is 12.1. The van der Waals surface area contributed by atoms with Gasteiger partial charge < -0.3 is 14.8 Å². The molecule has 0 aromatic heterocycles. The van der Waals surface area contributed by atoms with Gasteiger partial charge in [-0.05, 0) is 60.5 Å². The highest BCUT2D eigenvalue weighted by molar-refractivity contribution is 8.15. The Labute approximate surface area is 238 Å². The molecule has 0 bridgehead atoms. The van der Waals surface area contributed by atoms with Crippen LogP contribution in [-0.2, 0) is 20.7 Å². The standard InChI is InChI=1S/C28H24ClF2N3O5S/c1-38-26(37)19-7-9-20(10-8-19)32-25(36)23-17-24(35)34(16-15-18-5-3-2-4-6-18)27(40-23)33-21-11-13-22(14-12-21)39-28(29,30)31/h2-14,23H,15-17H2,1H3,(H,32,36)/t23-/m0/s1. The van der Waals surface area contributed by atoms with Gasteiger partial charge in [0.1, 0.15) is 11.0 Å². The minimum Gasteiger partial charge on any atom is -0.465 e. The van der Waals surface area contributed by atoms with Crippen molar-refractivity contribution in [1.82, 2.24) is 4.90 Å². The van der Waals surface area contributed by atoms with Gasteiger partial charge in [-0.2, -0.15) is 0 Å². The number of esters is 1. The number of nitrogens with zero attached hydrogens (tertiary/aromatic N) is 2. The van der Waals surface area contributed by atoms with Gasteiger partial charge in [-0.15, -0.1) is 8.78 Å². The van der Waals surface area contributed by atoms with Gasteiger partial charge in [0.25, 0.3) is 0 Å². The zero-order valence-corrected chi connectivity index (χ0v) is 22.8. The van der Waals surface area contributed by atoms with Gasteiger partial charge in [0.05, 0.1) is 18.4 Å². The highest BCUT2D eigenvalue weighted by Crippen LogP contribution is 2.32. The van der Waals surface area contributed by atoms with Gasteiger partial charge in [0, 0.05) is 30.3 Å². The van der Waals surface area contributed by atoms with Crippen LogP contribution in [0.3, 0.4) is 0 Å². The summed E-state index contributed by atoms with van der Waals surface area (Å²) in [6, 6.07) is 21.2. The number of methoxy groups -OCH3 is 1. The molecule has 4 rings (SSSR count). The highest BCUT2D eigenvalue weighted by Gasteiger charge is 2.36. The summed E-state index contributed by atoms with van der Waals surface area (Å²) in [5, 5.41) is 2.28. The Kier molecular flexibility index (Phi) is 9.38. The van der Waals surface area contributed by atoms with E-state index >= 15 is 0 Å². The zero-order valence-electron chi connectivity index (χ0n) is 21.2. The molecule has 1 aliphatic heterocycles. The molecule has 8 nitrogen and oxygen atoms in total. The van der Waals surface area contributed by atoms with Crippen molar-refractivity contribution >= 4 is 57.7 Å². The third kappa shape index (κ3) is 8.03. The molecule has 1 aliphatic rings. The number of anilines is 1. The number of rotatable bonds is 9. The summed E-state index contributed by atoms with van der Waals surface area (Å²) in [6.07, 6.45) is 0.509. The number of carbonyl (C=O) groups is 3. The molecule has 0 radical (unpaired) electrons. The lowest BCUT2D eigenvalue weighted by molar-refractivity contribution is -0.129. The Morgan fingerprint density at radius 2 is 1.75 bits per heavy atom. The van der Waals surface area contributed by atoms with E-state index in [-0.39, 0.29) is 18.1 Å². The molecule has 3 aromatic carbocycles. The minimum atomic E-state index is -3.85. The van der Waals surface area contributed by atoms with Crippen LogP contribution in [-0.4, -0.2) is 52.3 Å². The number of nitrogens with one attached hydrogen (secondary N) is 1. The van der Waals surface area contributed by atoms with Crippen LogP contribution >= 0.6 is 23.4 Å². The van der Waals surface area contributed by atoms with E-state index in [1.54, 1.807) is 12.1 Å². The van der Waals surface area contributed by atoms with E-state index < -0.39 is 22.7 Å². The number of ether oxygens (including phenoxy) is 2. The molecule has 2 amide bonds. The van der Waals surface area contributed by atoms with E-state index in [0.29, 0.717) is 35.1 Å². The molecule has 0 saturated carbocycles. The van der Waals surface area contributed by atoms with Crippen molar-refractivity contribution in [1.29, 1.82) is 0 Å². The van der Waals surface area contributed by atoms with Gasteiger partial charge in [-0.1, -0.05) is 42.1 Å². The number of amides is 2. The molecule has 0 aliphatic carbocycles. The number of aliphatic imine (C=N–C) groups is 1. The van der Waals surface area contributed by atoms with E-state index in [1.807, 2.05) is 30.3 Å². The summed E-state index contributed by atoms with van der Waals surface area (Å²) < 4.78 is 34.9. The van der Waals surface area contributed by atoms with E-state index in [1.165, 1.54) is 48.4 Å².